The van der Waals surface area contributed by atoms with Gasteiger partial charge >= 0.3 is 0 Å². The Morgan fingerprint density at radius 2 is 1.53 bits per heavy atom. The van der Waals surface area contributed by atoms with E-state index in [9.17, 15) is 8.42 Å². The molecule has 0 radical (unpaired) electrons. The smallest absolute Gasteiger partial charge is 0.265 e. The Hall–Kier alpha value is -3.20. The zero-order chi connectivity index (χ0) is 21.0. The molecule has 2 aromatic heterocycles. The highest BCUT2D eigenvalue weighted by molar-refractivity contribution is 7.92. The molecule has 30 heavy (non-hydrogen) atoms. The molecule has 0 bridgehead atoms. The van der Waals surface area contributed by atoms with Crippen molar-refractivity contribution in [1.29, 1.82) is 0 Å². The van der Waals surface area contributed by atoms with Gasteiger partial charge in [-0.25, -0.2) is 23.4 Å². The van der Waals surface area contributed by atoms with Crippen LogP contribution in [0, 0.1) is 0 Å². The molecule has 0 atom stereocenters. The second-order valence-electron chi connectivity index (χ2n) is 6.88. The predicted molar refractivity (Wildman–Crippen MR) is 117 cm³/mol. The topological polar surface area (TPSA) is 82.5 Å². The van der Waals surface area contributed by atoms with Gasteiger partial charge in [-0.3, -0.25) is 4.31 Å². The van der Waals surface area contributed by atoms with Gasteiger partial charge in [0.25, 0.3) is 10.0 Å². The van der Waals surface area contributed by atoms with Crippen LogP contribution in [-0.4, -0.2) is 56.1 Å². The highest BCUT2D eigenvalue weighted by Crippen LogP contribution is 2.24. The second-order valence-corrected chi connectivity index (χ2v) is 8.74. The number of aromatic nitrogens is 3. The van der Waals surface area contributed by atoms with Crippen molar-refractivity contribution in [3.63, 3.8) is 0 Å². The van der Waals surface area contributed by atoms with Gasteiger partial charge in [-0.15, -0.1) is 0 Å². The maximum absolute atomic E-state index is 13.1. The van der Waals surface area contributed by atoms with E-state index in [1.54, 1.807) is 42.7 Å². The average Bonchev–Trinajstić information content (AvgIpc) is 2.81. The third-order valence-electron chi connectivity index (χ3n) is 5.08. The number of hydrogen-bond acceptors (Lipinski definition) is 7. The Balaban J connectivity index is 1.46. The fourth-order valence-electron chi connectivity index (χ4n) is 3.52. The van der Waals surface area contributed by atoms with E-state index < -0.39 is 10.0 Å². The molecule has 8 nitrogen and oxygen atoms in total. The normalized spacial score (nSPS) is 14.6. The summed E-state index contributed by atoms with van der Waals surface area (Å²) < 4.78 is 27.6. The van der Waals surface area contributed by atoms with Crippen molar-refractivity contribution in [3.8, 4) is 0 Å². The molecule has 0 saturated carbocycles. The molecule has 1 aromatic carbocycles. The van der Waals surface area contributed by atoms with Gasteiger partial charge in [-0.1, -0.05) is 18.2 Å². The van der Waals surface area contributed by atoms with E-state index >= 15 is 0 Å². The monoisotopic (exact) mass is 424 g/mol. The zero-order valence-corrected chi connectivity index (χ0v) is 17.6. The number of hydrogen-bond donors (Lipinski definition) is 0. The molecule has 0 spiro atoms. The lowest BCUT2D eigenvalue weighted by Gasteiger charge is -2.35. The summed E-state index contributed by atoms with van der Waals surface area (Å²) in [7, 11) is -3.67. The number of nitrogens with zero attached hydrogens (tertiary/aromatic N) is 6. The fourth-order valence-corrected chi connectivity index (χ4v) is 4.93. The molecule has 3 aromatic rings. The third kappa shape index (κ3) is 4.06. The number of benzene rings is 1. The third-order valence-corrected chi connectivity index (χ3v) is 6.97. The molecule has 156 valence electrons. The van der Waals surface area contributed by atoms with Crippen molar-refractivity contribution in [2.24, 2.45) is 0 Å². The number of anilines is 3. The van der Waals surface area contributed by atoms with E-state index in [2.05, 4.69) is 24.8 Å². The Morgan fingerprint density at radius 3 is 2.13 bits per heavy atom. The van der Waals surface area contributed by atoms with Crippen molar-refractivity contribution in [1.82, 2.24) is 15.0 Å². The quantitative estimate of drug-likeness (QED) is 0.601. The molecule has 1 fully saturated rings. The van der Waals surface area contributed by atoms with Gasteiger partial charge in [0, 0.05) is 51.3 Å². The highest BCUT2D eigenvalue weighted by atomic mass is 32.2. The lowest BCUT2D eigenvalue weighted by molar-refractivity contribution is 0.591. The summed E-state index contributed by atoms with van der Waals surface area (Å²) in [6.45, 7) is 5.26. The minimum atomic E-state index is -3.67. The zero-order valence-electron chi connectivity index (χ0n) is 16.8. The van der Waals surface area contributed by atoms with Gasteiger partial charge in [0.15, 0.2) is 0 Å². The van der Waals surface area contributed by atoms with Crippen molar-refractivity contribution in [2.75, 3.05) is 46.8 Å². The SMILES string of the molecule is CCN(c1ccccc1)S(=O)(=O)c1ccc(N2CCN(c3ncccn3)CC2)nc1. The van der Waals surface area contributed by atoms with Crippen molar-refractivity contribution in [2.45, 2.75) is 11.8 Å². The van der Waals surface area contributed by atoms with E-state index in [1.165, 1.54) is 10.5 Å². The summed E-state index contributed by atoms with van der Waals surface area (Å²) in [5, 5.41) is 0. The van der Waals surface area contributed by atoms with E-state index in [-0.39, 0.29) is 4.90 Å². The Labute approximate surface area is 176 Å². The maximum atomic E-state index is 13.1. The molecular formula is C21H24N6O2S. The minimum Gasteiger partial charge on any atom is -0.353 e. The number of sulfonamides is 1. The van der Waals surface area contributed by atoms with Crippen LogP contribution in [0.4, 0.5) is 17.5 Å². The average molecular weight is 425 g/mol. The van der Waals surface area contributed by atoms with Crippen LogP contribution in [0.5, 0.6) is 0 Å². The van der Waals surface area contributed by atoms with E-state index in [1.807, 2.05) is 25.1 Å². The van der Waals surface area contributed by atoms with Crippen molar-refractivity contribution < 1.29 is 8.42 Å². The predicted octanol–water partition coefficient (Wildman–Crippen LogP) is 2.41. The second kappa shape index (κ2) is 8.66. The summed E-state index contributed by atoms with van der Waals surface area (Å²) in [5.74, 6) is 1.50. The number of rotatable bonds is 6. The first-order valence-corrected chi connectivity index (χ1v) is 11.3. The minimum absolute atomic E-state index is 0.188. The van der Waals surface area contributed by atoms with Gasteiger partial charge in [-0.2, -0.15) is 0 Å². The summed E-state index contributed by atoms with van der Waals surface area (Å²) >= 11 is 0. The lowest BCUT2D eigenvalue weighted by Crippen LogP contribution is -2.47. The van der Waals surface area contributed by atoms with Crippen molar-refractivity contribution >= 4 is 27.5 Å². The first-order valence-electron chi connectivity index (χ1n) is 9.90. The van der Waals surface area contributed by atoms with Crippen molar-refractivity contribution in [3.05, 3.63) is 67.1 Å². The van der Waals surface area contributed by atoms with Gasteiger partial charge in [-0.05, 0) is 37.3 Å². The molecule has 4 rings (SSSR count). The summed E-state index contributed by atoms with van der Waals surface area (Å²) in [6.07, 6.45) is 4.93. The number of piperazine rings is 1. The van der Waals surface area contributed by atoms with E-state index in [0.29, 0.717) is 12.2 Å². The Bertz CT molecular complexity index is 1050. The highest BCUT2D eigenvalue weighted by Gasteiger charge is 2.25. The van der Waals surface area contributed by atoms with Gasteiger partial charge in [0.05, 0.1) is 5.69 Å². The van der Waals surface area contributed by atoms with Gasteiger partial charge < -0.3 is 9.80 Å². The molecule has 0 aliphatic carbocycles. The van der Waals surface area contributed by atoms with E-state index in [4.69, 9.17) is 0 Å². The molecule has 3 heterocycles. The number of para-hydroxylation sites is 1. The van der Waals surface area contributed by atoms with Crippen LogP contribution in [0.15, 0.2) is 72.0 Å². The van der Waals surface area contributed by atoms with Gasteiger partial charge in [0.2, 0.25) is 5.95 Å². The molecular weight excluding hydrogens is 400 g/mol. The standard InChI is InChI=1S/C21H24N6O2S/c1-2-27(18-7-4-3-5-8-18)30(28,29)19-9-10-20(24-17-19)25-13-15-26(16-14-25)21-22-11-6-12-23-21/h3-12,17H,2,13-16H2,1H3. The van der Waals surface area contributed by atoms with Crippen LogP contribution in [-0.2, 0) is 10.0 Å². The molecule has 1 aliphatic heterocycles. The van der Waals surface area contributed by atoms with Crippen LogP contribution in [0.3, 0.4) is 0 Å². The largest absolute Gasteiger partial charge is 0.353 e. The molecule has 9 heteroatoms. The lowest BCUT2D eigenvalue weighted by atomic mass is 10.3. The molecule has 1 saturated heterocycles. The summed E-state index contributed by atoms with van der Waals surface area (Å²) in [6, 6.07) is 14.3. The van der Waals surface area contributed by atoms with E-state index in [0.717, 1.165) is 37.9 Å². The summed E-state index contributed by atoms with van der Waals surface area (Å²) in [5.41, 5.74) is 0.642. The molecule has 0 unspecified atom stereocenters. The van der Waals surface area contributed by atoms with Crippen LogP contribution in [0.1, 0.15) is 6.92 Å². The van der Waals surface area contributed by atoms with Gasteiger partial charge in [0.1, 0.15) is 10.7 Å². The number of pyridine rings is 1. The first-order chi connectivity index (χ1) is 14.6. The molecule has 0 amide bonds. The molecule has 1 aliphatic rings. The van der Waals surface area contributed by atoms with Crippen LogP contribution in [0.2, 0.25) is 0 Å². The van der Waals surface area contributed by atoms with Crippen LogP contribution < -0.4 is 14.1 Å². The Morgan fingerprint density at radius 1 is 0.867 bits per heavy atom. The Kier molecular flexibility index (Phi) is 5.80. The summed E-state index contributed by atoms with van der Waals surface area (Å²) in [4.78, 5) is 17.5. The van der Waals surface area contributed by atoms with Crippen LogP contribution in [0.25, 0.3) is 0 Å². The molecule has 0 N–H and O–H groups in total. The first kappa shape index (κ1) is 20.1. The fraction of sp³-hybridized carbons (Fsp3) is 0.286. The van der Waals surface area contributed by atoms with Crippen LogP contribution >= 0.6 is 0 Å². The maximum Gasteiger partial charge on any atom is 0.265 e.